The van der Waals surface area contributed by atoms with Crippen molar-refractivity contribution >= 4 is 39.9 Å². The summed E-state index contributed by atoms with van der Waals surface area (Å²) in [5.74, 6) is -2.29. The number of ether oxygens (including phenoxy) is 5. The lowest BCUT2D eigenvalue weighted by atomic mass is 9.66. The number of anilines is 1. The Morgan fingerprint density at radius 3 is 2.35 bits per heavy atom. The van der Waals surface area contributed by atoms with Crippen LogP contribution in [-0.4, -0.2) is 52.3 Å². The van der Waals surface area contributed by atoms with E-state index in [1.165, 1.54) is 38.9 Å². The monoisotopic (exact) mass is 674 g/mol. The maximum Gasteiger partial charge on any atom is 0.332 e. The number of nitrogens with one attached hydrogen (secondary N) is 2. The number of nitrogens with zero attached hydrogens (tertiary/aromatic N) is 2. The topological polar surface area (TPSA) is 169 Å². The molecule has 1 spiro atoms. The second-order valence-corrected chi connectivity index (χ2v) is 12.5. The molecule has 1 aliphatic carbocycles. The molecule has 0 bridgehead atoms. The quantitative estimate of drug-likeness (QED) is 0.307. The number of methoxy groups -OCH3 is 2. The first-order valence-corrected chi connectivity index (χ1v) is 15.3. The molecule has 0 amide bonds. The highest BCUT2D eigenvalue weighted by atomic mass is 35.5. The molecule has 8 rings (SSSR count). The Balaban J connectivity index is 1.40. The summed E-state index contributed by atoms with van der Waals surface area (Å²) >= 11 is 6.63. The van der Waals surface area contributed by atoms with Gasteiger partial charge in [-0.25, -0.2) is 4.79 Å². The van der Waals surface area contributed by atoms with E-state index in [1.807, 2.05) is 0 Å². The average molecular weight is 675 g/mol. The molecule has 14 nitrogen and oxygen atoms in total. The molecule has 0 radical (unpaired) electrons. The largest absolute Gasteiger partial charge is 0.496 e. The van der Waals surface area contributed by atoms with Crippen molar-refractivity contribution in [1.82, 2.24) is 14.1 Å². The van der Waals surface area contributed by atoms with Crippen LogP contribution < -0.4 is 45.8 Å². The minimum atomic E-state index is -2.12. The van der Waals surface area contributed by atoms with Crippen molar-refractivity contribution in [2.45, 2.75) is 24.9 Å². The SMILES string of the molecule is COc1cc(OC)c2c(c1Cl)O[C@@]1(C(=O)C3=C(C[C@H]1C)Nc1c(c(=O)n(C)c(=O)n1C)C3c1cc3cc4c(cc3[nH]c1=O)OCO4)C2=O. The van der Waals surface area contributed by atoms with Crippen molar-refractivity contribution in [3.05, 3.63) is 88.4 Å². The summed E-state index contributed by atoms with van der Waals surface area (Å²) in [7, 11) is 5.55. The third-order valence-electron chi connectivity index (χ3n) is 9.75. The van der Waals surface area contributed by atoms with Crippen LogP contribution in [0.2, 0.25) is 5.02 Å². The fourth-order valence-corrected chi connectivity index (χ4v) is 7.59. The molecular weight excluding hydrogens is 648 g/mol. The van der Waals surface area contributed by atoms with Crippen LogP contribution in [0.1, 0.15) is 40.7 Å². The molecule has 4 aromatic rings. The van der Waals surface area contributed by atoms with E-state index in [1.54, 1.807) is 25.1 Å². The molecule has 0 saturated heterocycles. The number of rotatable bonds is 3. The zero-order chi connectivity index (χ0) is 34.0. The number of hydrogen-bond acceptors (Lipinski definition) is 11. The molecule has 3 atom stereocenters. The lowest BCUT2D eigenvalue weighted by Crippen LogP contribution is -2.58. The number of carbonyl (C=O) groups excluding carboxylic acids is 2. The predicted molar refractivity (Wildman–Crippen MR) is 171 cm³/mol. The molecular formula is C33H27ClN4O10. The number of ketones is 2. The Morgan fingerprint density at radius 1 is 0.938 bits per heavy atom. The van der Waals surface area contributed by atoms with E-state index in [2.05, 4.69) is 10.3 Å². The Labute approximate surface area is 275 Å². The number of carbonyl (C=O) groups is 2. The van der Waals surface area contributed by atoms with Gasteiger partial charge in [-0.2, -0.15) is 0 Å². The van der Waals surface area contributed by atoms with Gasteiger partial charge in [-0.05, 0) is 18.6 Å². The number of fused-ring (bicyclic) bond motifs is 4. The lowest BCUT2D eigenvalue weighted by molar-refractivity contribution is -0.130. The van der Waals surface area contributed by atoms with Crippen LogP contribution in [0.25, 0.3) is 10.9 Å². The first-order valence-electron chi connectivity index (χ1n) is 14.9. The second kappa shape index (κ2) is 10.0. The van der Waals surface area contributed by atoms with Gasteiger partial charge in [-0.1, -0.05) is 18.5 Å². The molecule has 246 valence electrons. The van der Waals surface area contributed by atoms with Crippen molar-refractivity contribution in [2.75, 3.05) is 26.3 Å². The number of pyridine rings is 1. The maximum absolute atomic E-state index is 15.1. The van der Waals surface area contributed by atoms with Crippen molar-refractivity contribution in [1.29, 1.82) is 0 Å². The summed E-state index contributed by atoms with van der Waals surface area (Å²) in [6.07, 6.45) is 0.0708. The second-order valence-electron chi connectivity index (χ2n) is 12.2. The zero-order valence-electron chi connectivity index (χ0n) is 26.2. The van der Waals surface area contributed by atoms with Gasteiger partial charge in [0.25, 0.3) is 11.1 Å². The minimum Gasteiger partial charge on any atom is -0.496 e. The normalized spacial score (nSPS) is 22.0. The van der Waals surface area contributed by atoms with E-state index in [-0.39, 0.29) is 63.6 Å². The van der Waals surface area contributed by atoms with Gasteiger partial charge in [0.1, 0.15) is 27.9 Å². The first kappa shape index (κ1) is 29.9. The summed E-state index contributed by atoms with van der Waals surface area (Å²) in [6.45, 7) is 1.69. The molecule has 0 fully saturated rings. The molecule has 2 aromatic heterocycles. The highest BCUT2D eigenvalue weighted by Gasteiger charge is 2.64. The fourth-order valence-electron chi connectivity index (χ4n) is 7.33. The minimum absolute atomic E-state index is 0.0105. The summed E-state index contributed by atoms with van der Waals surface area (Å²) in [5, 5.41) is 3.66. The number of halogens is 1. The molecule has 4 aliphatic rings. The van der Waals surface area contributed by atoms with Crippen LogP contribution in [0.15, 0.2) is 49.9 Å². The molecule has 48 heavy (non-hydrogen) atoms. The van der Waals surface area contributed by atoms with E-state index < -0.39 is 45.8 Å². The van der Waals surface area contributed by atoms with Gasteiger partial charge in [-0.3, -0.25) is 28.3 Å². The van der Waals surface area contributed by atoms with Gasteiger partial charge >= 0.3 is 5.69 Å². The van der Waals surface area contributed by atoms with E-state index in [4.69, 9.17) is 35.3 Å². The Hall–Kier alpha value is -5.50. The van der Waals surface area contributed by atoms with Crippen molar-refractivity contribution in [2.24, 2.45) is 20.0 Å². The molecule has 0 saturated carbocycles. The Bertz CT molecular complexity index is 2410. The summed E-state index contributed by atoms with van der Waals surface area (Å²) < 4.78 is 30.4. The van der Waals surface area contributed by atoms with Crippen LogP contribution in [0, 0.1) is 5.92 Å². The van der Waals surface area contributed by atoms with Gasteiger partial charge in [0.2, 0.25) is 24.0 Å². The summed E-state index contributed by atoms with van der Waals surface area (Å²) in [4.78, 5) is 73.5. The Kier molecular flexibility index (Phi) is 6.22. The highest BCUT2D eigenvalue weighted by Crippen LogP contribution is 2.56. The van der Waals surface area contributed by atoms with Crippen molar-refractivity contribution in [3.63, 3.8) is 0 Å². The van der Waals surface area contributed by atoms with Crippen LogP contribution in [0.4, 0.5) is 5.82 Å². The van der Waals surface area contributed by atoms with E-state index in [0.717, 1.165) is 4.57 Å². The standard InChI is InChI=1S/C33H27ClN4O10/c1-12-6-16-22(27(39)33(12)28(40)23-19(44-4)10-20(45-5)25(34)26(23)48-33)21(24-29(35-16)37(2)32(43)38(3)31(24)42)14-7-13-8-17-18(47-11-46-17)9-15(13)36-30(14)41/h7-10,12,21,35H,6,11H2,1-5H3,(H,36,41)/t12-,21?,33+/m1/s1. The molecule has 3 aliphatic heterocycles. The van der Waals surface area contributed by atoms with Gasteiger partial charge in [0, 0.05) is 54.4 Å². The fraction of sp³-hybridized carbons (Fsp3) is 0.303. The van der Waals surface area contributed by atoms with Gasteiger partial charge < -0.3 is 34.0 Å². The molecule has 2 N–H and O–H groups in total. The Morgan fingerprint density at radius 2 is 1.65 bits per heavy atom. The van der Waals surface area contributed by atoms with Crippen LogP contribution in [-0.2, 0) is 18.9 Å². The van der Waals surface area contributed by atoms with Crippen LogP contribution >= 0.6 is 11.6 Å². The molecule has 15 heteroatoms. The number of aromatic nitrogens is 3. The summed E-state index contributed by atoms with van der Waals surface area (Å²) in [5.41, 5.74) is -3.32. The van der Waals surface area contributed by atoms with Crippen molar-refractivity contribution in [3.8, 4) is 28.7 Å². The molecule has 2 aromatic carbocycles. The van der Waals surface area contributed by atoms with Gasteiger partial charge in [-0.15, -0.1) is 0 Å². The number of allylic oxidation sites excluding steroid dienone is 1. The number of aromatic amines is 1. The third-order valence-corrected chi connectivity index (χ3v) is 10.1. The van der Waals surface area contributed by atoms with Gasteiger partial charge in [0.15, 0.2) is 17.2 Å². The summed E-state index contributed by atoms with van der Waals surface area (Å²) in [6, 6.07) is 6.32. The lowest BCUT2D eigenvalue weighted by Gasteiger charge is -2.42. The number of hydrogen-bond donors (Lipinski definition) is 2. The zero-order valence-corrected chi connectivity index (χ0v) is 27.0. The number of Topliss-reactive ketones (excluding diaryl/α,β-unsaturated/α-hetero) is 2. The predicted octanol–water partition coefficient (Wildman–Crippen LogP) is 2.76. The van der Waals surface area contributed by atoms with E-state index >= 15 is 4.79 Å². The molecule has 1 unspecified atom stereocenters. The maximum atomic E-state index is 15.1. The first-order chi connectivity index (χ1) is 22.9. The van der Waals surface area contributed by atoms with Crippen molar-refractivity contribution < 1.29 is 33.3 Å². The van der Waals surface area contributed by atoms with Crippen LogP contribution in [0.5, 0.6) is 28.7 Å². The molecule has 5 heterocycles. The van der Waals surface area contributed by atoms with E-state index in [9.17, 15) is 19.2 Å². The highest BCUT2D eigenvalue weighted by molar-refractivity contribution is 6.36. The smallest absolute Gasteiger partial charge is 0.332 e. The average Bonchev–Trinajstić information content (AvgIpc) is 3.66. The van der Waals surface area contributed by atoms with Gasteiger partial charge in [0.05, 0.1) is 31.2 Å². The van der Waals surface area contributed by atoms with E-state index in [0.29, 0.717) is 28.1 Å². The van der Waals surface area contributed by atoms with Crippen LogP contribution in [0.3, 0.4) is 0 Å². The third kappa shape index (κ3) is 3.65. The number of H-pyrrole nitrogens is 1. The number of benzene rings is 2.